The third-order valence-corrected chi connectivity index (χ3v) is 13.2. The highest BCUT2D eigenvalue weighted by Gasteiger charge is 2.19. The van der Waals surface area contributed by atoms with Gasteiger partial charge in [0.05, 0.1) is 0 Å². The molecule has 0 aliphatic carbocycles. The van der Waals surface area contributed by atoms with Gasteiger partial charge < -0.3 is 18.6 Å². The number of rotatable bonds is 9. The van der Waals surface area contributed by atoms with Crippen LogP contribution in [-0.4, -0.2) is 0 Å². The van der Waals surface area contributed by atoms with Crippen molar-refractivity contribution in [3.63, 3.8) is 0 Å². The molecule has 0 unspecified atom stereocenters. The monoisotopic (exact) mass is 870 g/mol. The highest BCUT2D eigenvalue weighted by molar-refractivity contribution is 6.08. The Bertz CT molecular complexity index is 3740. The van der Waals surface area contributed by atoms with Gasteiger partial charge in [0.15, 0.2) is 0 Å². The lowest BCUT2D eigenvalue weighted by molar-refractivity contribution is 0.668. The fourth-order valence-corrected chi connectivity index (χ4v) is 9.95. The van der Waals surface area contributed by atoms with Gasteiger partial charge in [-0.15, -0.1) is 0 Å². The molecule has 0 radical (unpaired) electrons. The lowest BCUT2D eigenvalue weighted by Crippen LogP contribution is -2.09. The second-order valence-electron chi connectivity index (χ2n) is 17.3. The van der Waals surface area contributed by atoms with Crippen LogP contribution < -0.4 is 9.80 Å². The number of hydrogen-bond donors (Lipinski definition) is 0. The van der Waals surface area contributed by atoms with E-state index in [1.165, 1.54) is 21.9 Å². The zero-order valence-corrected chi connectivity index (χ0v) is 37.0. The summed E-state index contributed by atoms with van der Waals surface area (Å²) in [4.78, 5) is 4.64. The Labute approximate surface area is 393 Å². The standard InChI is InChI=1S/C64H42N2O2/c1-3-16-49(17-4-1)65(53-34-36-63-59(41-53)57-21-9-11-24-61(57)67-63)51-30-26-43(27-31-51)46-38-47(40-48(39-46)56-23-13-15-45-14-7-8-20-55(45)56)44-28-32-52(33-29-44)66(50-18-5-2-6-19-50)54-35-37-64-60(42-54)58-22-10-12-25-62(58)68-64/h1-42H. The second-order valence-corrected chi connectivity index (χ2v) is 17.3. The maximum absolute atomic E-state index is 6.22. The van der Waals surface area contributed by atoms with Gasteiger partial charge in [-0.2, -0.15) is 0 Å². The molecule has 2 aromatic heterocycles. The molecule has 0 aliphatic rings. The van der Waals surface area contributed by atoms with E-state index in [4.69, 9.17) is 8.83 Å². The van der Waals surface area contributed by atoms with Crippen LogP contribution in [0.4, 0.5) is 34.1 Å². The second kappa shape index (κ2) is 16.4. The van der Waals surface area contributed by atoms with Crippen LogP contribution >= 0.6 is 0 Å². The molecule has 2 heterocycles. The van der Waals surface area contributed by atoms with E-state index in [9.17, 15) is 0 Å². The summed E-state index contributed by atoms with van der Waals surface area (Å²) >= 11 is 0. The summed E-state index contributed by atoms with van der Waals surface area (Å²) in [5.74, 6) is 0. The molecule has 320 valence electrons. The van der Waals surface area contributed by atoms with Gasteiger partial charge in [0.1, 0.15) is 22.3 Å². The molecule has 0 N–H and O–H groups in total. The largest absolute Gasteiger partial charge is 0.456 e. The third kappa shape index (κ3) is 6.95. The van der Waals surface area contributed by atoms with E-state index in [-0.39, 0.29) is 0 Å². The number of benzene rings is 11. The normalized spacial score (nSPS) is 11.5. The van der Waals surface area contributed by atoms with E-state index in [1.54, 1.807) is 0 Å². The maximum Gasteiger partial charge on any atom is 0.135 e. The molecule has 0 bridgehead atoms. The minimum Gasteiger partial charge on any atom is -0.456 e. The van der Waals surface area contributed by atoms with Crippen molar-refractivity contribution in [2.75, 3.05) is 9.80 Å². The predicted molar refractivity (Wildman–Crippen MR) is 284 cm³/mol. The molecule has 13 aromatic rings. The molecule has 68 heavy (non-hydrogen) atoms. The molecule has 11 aromatic carbocycles. The Morgan fingerprint density at radius 1 is 0.221 bits per heavy atom. The van der Waals surface area contributed by atoms with Crippen molar-refractivity contribution in [1.82, 2.24) is 0 Å². The van der Waals surface area contributed by atoms with Gasteiger partial charge in [-0.05, 0) is 159 Å². The Morgan fingerprint density at radius 3 is 1.12 bits per heavy atom. The maximum atomic E-state index is 6.22. The van der Waals surface area contributed by atoms with E-state index in [1.807, 2.05) is 24.3 Å². The van der Waals surface area contributed by atoms with Crippen molar-refractivity contribution in [3.05, 3.63) is 255 Å². The zero-order valence-electron chi connectivity index (χ0n) is 37.0. The fourth-order valence-electron chi connectivity index (χ4n) is 9.95. The van der Waals surface area contributed by atoms with Crippen molar-refractivity contribution in [2.45, 2.75) is 0 Å². The molecule has 0 atom stereocenters. The summed E-state index contributed by atoms with van der Waals surface area (Å²) in [6.07, 6.45) is 0. The third-order valence-electron chi connectivity index (χ3n) is 13.2. The Balaban J connectivity index is 0.910. The zero-order chi connectivity index (χ0) is 45.0. The number of nitrogens with zero attached hydrogens (tertiary/aromatic N) is 2. The molecule has 4 heteroatoms. The number of hydrogen-bond acceptors (Lipinski definition) is 4. The minimum atomic E-state index is 0.879. The Morgan fingerprint density at radius 2 is 0.603 bits per heavy atom. The van der Waals surface area contributed by atoms with Gasteiger partial charge in [-0.3, -0.25) is 0 Å². The first kappa shape index (κ1) is 39.3. The van der Waals surface area contributed by atoms with Gasteiger partial charge in [-0.1, -0.05) is 140 Å². The van der Waals surface area contributed by atoms with Crippen molar-refractivity contribution in [2.24, 2.45) is 0 Å². The summed E-state index contributed by atoms with van der Waals surface area (Å²) in [5, 5.41) is 6.86. The number of furan rings is 2. The van der Waals surface area contributed by atoms with E-state index in [0.29, 0.717) is 0 Å². The number of fused-ring (bicyclic) bond motifs is 7. The SMILES string of the molecule is c1ccc(N(c2ccc(-c3cc(-c4ccc(N(c5ccccc5)c5ccc6oc7ccccc7c6c5)cc4)cc(-c4cccc5ccccc45)c3)cc2)c2ccc3oc4ccccc4c3c2)cc1. The molecular formula is C64H42N2O2. The Hall–Kier alpha value is -9.12. The molecule has 4 nitrogen and oxygen atoms in total. The average Bonchev–Trinajstić information content (AvgIpc) is 3.97. The van der Waals surface area contributed by atoms with Crippen molar-refractivity contribution in [3.8, 4) is 33.4 Å². The van der Waals surface area contributed by atoms with Crippen LogP contribution in [0.15, 0.2) is 264 Å². The summed E-state index contributed by atoms with van der Waals surface area (Å²) in [6.45, 7) is 0. The molecule has 0 spiro atoms. The summed E-state index contributed by atoms with van der Waals surface area (Å²) in [6, 6.07) is 90.8. The fraction of sp³-hybridized carbons (Fsp3) is 0. The molecule has 0 amide bonds. The molecule has 0 saturated heterocycles. The van der Waals surface area contributed by atoms with Crippen LogP contribution in [-0.2, 0) is 0 Å². The van der Waals surface area contributed by atoms with E-state index in [0.717, 1.165) is 100 Å². The molecule has 0 aliphatic heterocycles. The van der Waals surface area contributed by atoms with Crippen molar-refractivity contribution >= 4 is 88.8 Å². The average molecular weight is 871 g/mol. The first-order valence-corrected chi connectivity index (χ1v) is 23.1. The van der Waals surface area contributed by atoms with E-state index >= 15 is 0 Å². The lowest BCUT2D eigenvalue weighted by Gasteiger charge is -2.26. The van der Waals surface area contributed by atoms with Crippen LogP contribution in [0.25, 0.3) is 88.0 Å². The van der Waals surface area contributed by atoms with Crippen LogP contribution in [0.3, 0.4) is 0 Å². The topological polar surface area (TPSA) is 32.8 Å². The van der Waals surface area contributed by atoms with E-state index < -0.39 is 0 Å². The lowest BCUT2D eigenvalue weighted by atomic mass is 9.91. The first-order valence-electron chi connectivity index (χ1n) is 23.1. The summed E-state index contributed by atoms with van der Waals surface area (Å²) in [5.41, 5.74) is 16.9. The van der Waals surface area contributed by atoms with Gasteiger partial charge >= 0.3 is 0 Å². The van der Waals surface area contributed by atoms with Gasteiger partial charge in [-0.25, -0.2) is 0 Å². The highest BCUT2D eigenvalue weighted by atomic mass is 16.3. The smallest absolute Gasteiger partial charge is 0.135 e. The van der Waals surface area contributed by atoms with Gasteiger partial charge in [0, 0.05) is 55.7 Å². The van der Waals surface area contributed by atoms with Crippen LogP contribution in [0.2, 0.25) is 0 Å². The molecule has 0 fully saturated rings. The van der Waals surface area contributed by atoms with Gasteiger partial charge in [0.25, 0.3) is 0 Å². The van der Waals surface area contributed by atoms with Crippen LogP contribution in [0, 0.1) is 0 Å². The predicted octanol–water partition coefficient (Wildman–Crippen LogP) is 18.6. The summed E-state index contributed by atoms with van der Waals surface area (Å²) < 4.78 is 12.4. The van der Waals surface area contributed by atoms with Crippen LogP contribution in [0.5, 0.6) is 0 Å². The quantitative estimate of drug-likeness (QED) is 0.145. The van der Waals surface area contributed by atoms with Crippen molar-refractivity contribution in [1.29, 1.82) is 0 Å². The number of para-hydroxylation sites is 4. The Kier molecular flexibility index (Phi) is 9.47. The highest BCUT2D eigenvalue weighted by Crippen LogP contribution is 2.43. The van der Waals surface area contributed by atoms with Gasteiger partial charge in [0.2, 0.25) is 0 Å². The minimum absolute atomic E-state index is 0.879. The molecule has 0 saturated carbocycles. The molecular weight excluding hydrogens is 829 g/mol. The molecule has 13 rings (SSSR count). The van der Waals surface area contributed by atoms with Crippen molar-refractivity contribution < 1.29 is 8.83 Å². The van der Waals surface area contributed by atoms with E-state index in [2.05, 4.69) is 240 Å². The van der Waals surface area contributed by atoms with Crippen LogP contribution in [0.1, 0.15) is 0 Å². The summed E-state index contributed by atoms with van der Waals surface area (Å²) in [7, 11) is 0. The number of anilines is 6. The first-order chi connectivity index (χ1) is 33.7.